The first-order valence-electron chi connectivity index (χ1n) is 7.17. The van der Waals surface area contributed by atoms with Crippen LogP contribution in [0.15, 0.2) is 52.0 Å². The summed E-state index contributed by atoms with van der Waals surface area (Å²) in [6.07, 6.45) is 1.70. The molecule has 122 valence electrons. The Morgan fingerprint density at radius 3 is 2.26 bits per heavy atom. The van der Waals surface area contributed by atoms with Crippen molar-refractivity contribution in [2.45, 2.75) is 4.90 Å². The summed E-state index contributed by atoms with van der Waals surface area (Å²) in [6, 6.07) is 10.1. The van der Waals surface area contributed by atoms with Gasteiger partial charge in [0.15, 0.2) is 0 Å². The number of nitrogens with zero attached hydrogens (tertiary/aromatic N) is 2. The highest BCUT2D eigenvalue weighted by molar-refractivity contribution is 9.10. The number of rotatable bonds is 3. The standard InChI is InChI=1S/C15H16BrN3O3S/c16-12-3-5-13(6-4-12)23(21,22)19-10-8-18(9-11-19)15(20)14-2-1-7-17-14/h1-7,17H,8-11H2. The van der Waals surface area contributed by atoms with E-state index in [1.165, 1.54) is 4.31 Å². The predicted molar refractivity (Wildman–Crippen MR) is 89.6 cm³/mol. The van der Waals surface area contributed by atoms with Crippen LogP contribution in [0.5, 0.6) is 0 Å². The molecule has 1 aromatic carbocycles. The highest BCUT2D eigenvalue weighted by Crippen LogP contribution is 2.20. The first kappa shape index (κ1) is 16.2. The minimum absolute atomic E-state index is 0.101. The van der Waals surface area contributed by atoms with Crippen LogP contribution in [0.2, 0.25) is 0 Å². The fourth-order valence-corrected chi connectivity index (χ4v) is 4.21. The number of aromatic amines is 1. The Labute approximate surface area is 143 Å². The summed E-state index contributed by atoms with van der Waals surface area (Å²) < 4.78 is 27.5. The second-order valence-electron chi connectivity index (χ2n) is 5.23. The molecular formula is C15H16BrN3O3S. The molecule has 0 atom stereocenters. The molecule has 1 aliphatic rings. The van der Waals surface area contributed by atoms with Gasteiger partial charge < -0.3 is 9.88 Å². The molecule has 1 amide bonds. The minimum atomic E-state index is -3.52. The van der Waals surface area contributed by atoms with E-state index in [1.807, 2.05) is 0 Å². The zero-order valence-corrected chi connectivity index (χ0v) is 14.7. The summed E-state index contributed by atoms with van der Waals surface area (Å²) >= 11 is 3.30. The number of nitrogens with one attached hydrogen (secondary N) is 1. The van der Waals surface area contributed by atoms with Crippen molar-refractivity contribution in [1.82, 2.24) is 14.2 Å². The lowest BCUT2D eigenvalue weighted by Gasteiger charge is -2.33. The molecule has 0 aliphatic carbocycles. The van der Waals surface area contributed by atoms with E-state index in [1.54, 1.807) is 47.5 Å². The Morgan fingerprint density at radius 1 is 1.04 bits per heavy atom. The highest BCUT2D eigenvalue weighted by Gasteiger charge is 2.30. The highest BCUT2D eigenvalue weighted by atomic mass is 79.9. The topological polar surface area (TPSA) is 73.5 Å². The molecule has 0 bridgehead atoms. The lowest BCUT2D eigenvalue weighted by molar-refractivity contribution is 0.0692. The second kappa shape index (κ2) is 6.46. The number of amides is 1. The second-order valence-corrected chi connectivity index (χ2v) is 8.09. The molecule has 6 nitrogen and oxygen atoms in total. The smallest absolute Gasteiger partial charge is 0.270 e. The van der Waals surface area contributed by atoms with Crippen LogP contribution < -0.4 is 0 Å². The number of sulfonamides is 1. The van der Waals surface area contributed by atoms with Gasteiger partial charge in [0.2, 0.25) is 10.0 Å². The lowest BCUT2D eigenvalue weighted by atomic mass is 10.3. The van der Waals surface area contributed by atoms with Gasteiger partial charge in [-0.2, -0.15) is 4.31 Å². The number of hydrogen-bond donors (Lipinski definition) is 1. The van der Waals surface area contributed by atoms with E-state index in [0.29, 0.717) is 31.9 Å². The number of carbonyl (C=O) groups excluding carboxylic acids is 1. The number of piperazine rings is 1. The molecule has 0 radical (unpaired) electrons. The zero-order chi connectivity index (χ0) is 16.4. The number of hydrogen-bond acceptors (Lipinski definition) is 3. The van der Waals surface area contributed by atoms with Gasteiger partial charge in [-0.1, -0.05) is 15.9 Å². The third-order valence-electron chi connectivity index (χ3n) is 3.81. The van der Waals surface area contributed by atoms with Gasteiger partial charge in [-0.05, 0) is 36.4 Å². The Bertz CT molecular complexity index is 780. The average Bonchev–Trinajstić information content (AvgIpc) is 3.09. The van der Waals surface area contributed by atoms with Crippen LogP contribution in [0.25, 0.3) is 0 Å². The van der Waals surface area contributed by atoms with Crippen molar-refractivity contribution in [2.24, 2.45) is 0 Å². The summed E-state index contributed by atoms with van der Waals surface area (Å²) in [5.74, 6) is -0.101. The number of carbonyl (C=O) groups is 1. The molecule has 1 aromatic heterocycles. The summed E-state index contributed by atoms with van der Waals surface area (Å²) in [5, 5.41) is 0. The molecule has 0 unspecified atom stereocenters. The number of halogens is 1. The van der Waals surface area contributed by atoms with Crippen LogP contribution in [0.4, 0.5) is 0 Å². The van der Waals surface area contributed by atoms with Gasteiger partial charge in [0.05, 0.1) is 4.90 Å². The Morgan fingerprint density at radius 2 is 1.70 bits per heavy atom. The molecule has 1 fully saturated rings. The van der Waals surface area contributed by atoms with Crippen LogP contribution in [0.1, 0.15) is 10.5 Å². The summed E-state index contributed by atoms with van der Waals surface area (Å²) in [6.45, 7) is 1.36. The van der Waals surface area contributed by atoms with Crippen molar-refractivity contribution in [2.75, 3.05) is 26.2 Å². The first-order valence-corrected chi connectivity index (χ1v) is 9.40. The Balaban J connectivity index is 1.69. The third kappa shape index (κ3) is 3.34. The monoisotopic (exact) mass is 397 g/mol. The van der Waals surface area contributed by atoms with Crippen molar-refractivity contribution in [1.29, 1.82) is 0 Å². The van der Waals surface area contributed by atoms with E-state index in [-0.39, 0.29) is 10.8 Å². The van der Waals surface area contributed by atoms with E-state index in [0.717, 1.165) is 4.47 Å². The van der Waals surface area contributed by atoms with Crippen molar-refractivity contribution >= 4 is 31.9 Å². The maximum atomic E-state index is 12.6. The van der Waals surface area contributed by atoms with Gasteiger partial charge in [0.25, 0.3) is 5.91 Å². The molecule has 2 heterocycles. The van der Waals surface area contributed by atoms with E-state index in [2.05, 4.69) is 20.9 Å². The Hall–Kier alpha value is -1.64. The van der Waals surface area contributed by atoms with Gasteiger partial charge in [0, 0.05) is 36.8 Å². The molecule has 1 saturated heterocycles. The summed E-state index contributed by atoms with van der Waals surface area (Å²) in [5.41, 5.74) is 0.522. The van der Waals surface area contributed by atoms with Crippen molar-refractivity contribution < 1.29 is 13.2 Å². The van der Waals surface area contributed by atoms with E-state index in [4.69, 9.17) is 0 Å². The molecule has 0 saturated carbocycles. The maximum Gasteiger partial charge on any atom is 0.270 e. The average molecular weight is 398 g/mol. The van der Waals surface area contributed by atoms with Crippen LogP contribution in [0.3, 0.4) is 0 Å². The van der Waals surface area contributed by atoms with Crippen molar-refractivity contribution in [3.8, 4) is 0 Å². The van der Waals surface area contributed by atoms with Crippen LogP contribution in [-0.4, -0.2) is 54.7 Å². The minimum Gasteiger partial charge on any atom is -0.357 e. The largest absolute Gasteiger partial charge is 0.357 e. The molecule has 3 rings (SSSR count). The molecule has 2 aromatic rings. The molecule has 0 spiro atoms. The third-order valence-corrected chi connectivity index (χ3v) is 6.25. The van der Waals surface area contributed by atoms with Crippen LogP contribution in [0, 0.1) is 0 Å². The summed E-state index contributed by atoms with van der Waals surface area (Å²) in [7, 11) is -3.52. The Kier molecular flexibility index (Phi) is 4.56. The molecular weight excluding hydrogens is 382 g/mol. The normalized spacial score (nSPS) is 16.5. The van der Waals surface area contributed by atoms with Gasteiger partial charge in [0.1, 0.15) is 5.69 Å². The predicted octanol–water partition coefficient (Wildman–Crippen LogP) is 1.92. The number of H-pyrrole nitrogens is 1. The van der Waals surface area contributed by atoms with Crippen molar-refractivity contribution in [3.05, 3.63) is 52.8 Å². The molecule has 1 N–H and O–H groups in total. The molecule has 8 heteroatoms. The number of aromatic nitrogens is 1. The summed E-state index contributed by atoms with van der Waals surface area (Å²) in [4.78, 5) is 17.1. The SMILES string of the molecule is O=C(c1ccc[nH]1)N1CCN(S(=O)(=O)c2ccc(Br)cc2)CC1. The first-order chi connectivity index (χ1) is 11.0. The van der Waals surface area contributed by atoms with E-state index in [9.17, 15) is 13.2 Å². The van der Waals surface area contributed by atoms with E-state index >= 15 is 0 Å². The van der Waals surface area contributed by atoms with Crippen molar-refractivity contribution in [3.63, 3.8) is 0 Å². The van der Waals surface area contributed by atoms with Gasteiger partial charge in [-0.3, -0.25) is 4.79 Å². The zero-order valence-electron chi connectivity index (χ0n) is 12.3. The van der Waals surface area contributed by atoms with Crippen LogP contribution >= 0.6 is 15.9 Å². The van der Waals surface area contributed by atoms with Gasteiger partial charge in [-0.15, -0.1) is 0 Å². The molecule has 1 aliphatic heterocycles. The number of benzene rings is 1. The fourth-order valence-electron chi connectivity index (χ4n) is 2.52. The lowest BCUT2D eigenvalue weighted by Crippen LogP contribution is -2.50. The molecule has 23 heavy (non-hydrogen) atoms. The maximum absolute atomic E-state index is 12.6. The van der Waals surface area contributed by atoms with Crippen LogP contribution in [-0.2, 0) is 10.0 Å². The van der Waals surface area contributed by atoms with Gasteiger partial charge >= 0.3 is 0 Å². The van der Waals surface area contributed by atoms with E-state index < -0.39 is 10.0 Å². The van der Waals surface area contributed by atoms with Gasteiger partial charge in [-0.25, -0.2) is 8.42 Å². The quantitative estimate of drug-likeness (QED) is 0.859. The fraction of sp³-hybridized carbons (Fsp3) is 0.267.